The van der Waals surface area contributed by atoms with E-state index in [2.05, 4.69) is 36.4 Å². The lowest BCUT2D eigenvalue weighted by atomic mass is 9.80. The molecular weight excluding hydrogens is 258 g/mol. The Balaban J connectivity index is 1.69. The second-order valence-electron chi connectivity index (χ2n) is 6.18. The van der Waals surface area contributed by atoms with E-state index in [0.29, 0.717) is 6.54 Å². The molecule has 0 spiro atoms. The van der Waals surface area contributed by atoms with Crippen LogP contribution in [0.2, 0.25) is 0 Å². The van der Waals surface area contributed by atoms with Gasteiger partial charge < -0.3 is 10.5 Å². The first-order valence-electron chi connectivity index (χ1n) is 7.94. The molecular formula is C19H21NO. The van der Waals surface area contributed by atoms with Gasteiger partial charge in [-0.05, 0) is 53.1 Å². The Bertz CT molecular complexity index is 656. The van der Waals surface area contributed by atoms with Crippen molar-refractivity contribution in [3.63, 3.8) is 0 Å². The minimum Gasteiger partial charge on any atom is -0.493 e. The molecule has 2 aromatic carbocycles. The van der Waals surface area contributed by atoms with Gasteiger partial charge in [-0.25, -0.2) is 0 Å². The summed E-state index contributed by atoms with van der Waals surface area (Å²) >= 11 is 0. The summed E-state index contributed by atoms with van der Waals surface area (Å²) in [4.78, 5) is 0. The van der Waals surface area contributed by atoms with E-state index in [-0.39, 0.29) is 0 Å². The van der Waals surface area contributed by atoms with Crippen molar-refractivity contribution in [3.05, 3.63) is 53.1 Å². The first-order valence-corrected chi connectivity index (χ1v) is 7.94. The quantitative estimate of drug-likeness (QED) is 0.921. The van der Waals surface area contributed by atoms with Crippen molar-refractivity contribution >= 4 is 0 Å². The maximum atomic E-state index is 5.88. The van der Waals surface area contributed by atoms with Gasteiger partial charge in [-0.2, -0.15) is 0 Å². The first-order chi connectivity index (χ1) is 10.3. The number of benzene rings is 2. The molecule has 2 aliphatic rings. The zero-order valence-electron chi connectivity index (χ0n) is 12.3. The Morgan fingerprint density at radius 1 is 1.05 bits per heavy atom. The highest BCUT2D eigenvalue weighted by atomic mass is 16.5. The zero-order valence-corrected chi connectivity index (χ0v) is 12.3. The third-order valence-corrected chi connectivity index (χ3v) is 4.90. The van der Waals surface area contributed by atoms with E-state index >= 15 is 0 Å². The standard InChI is InChI=1S/C19H21NO/c20-12-18-11-17(10-16-8-9-21-19(16)18)15-6-4-14(5-7-15)13-2-1-3-13/h4-7,10-11,13H,1-3,8-9,12,20H2. The van der Waals surface area contributed by atoms with Crippen LogP contribution < -0.4 is 10.5 Å². The van der Waals surface area contributed by atoms with E-state index < -0.39 is 0 Å². The van der Waals surface area contributed by atoms with Gasteiger partial charge in [-0.3, -0.25) is 0 Å². The molecule has 1 saturated carbocycles. The van der Waals surface area contributed by atoms with Crippen LogP contribution in [0.15, 0.2) is 36.4 Å². The predicted octanol–water partition coefficient (Wildman–Crippen LogP) is 4.01. The molecule has 21 heavy (non-hydrogen) atoms. The van der Waals surface area contributed by atoms with Gasteiger partial charge in [-0.15, -0.1) is 0 Å². The Morgan fingerprint density at radius 2 is 1.86 bits per heavy atom. The lowest BCUT2D eigenvalue weighted by Gasteiger charge is -2.25. The van der Waals surface area contributed by atoms with Crippen molar-refractivity contribution in [1.82, 2.24) is 0 Å². The Labute approximate surface area is 125 Å². The van der Waals surface area contributed by atoms with Crippen LogP contribution in [-0.2, 0) is 13.0 Å². The van der Waals surface area contributed by atoms with Gasteiger partial charge in [-0.1, -0.05) is 30.7 Å². The molecule has 1 aliphatic heterocycles. The molecule has 4 rings (SSSR count). The third kappa shape index (κ3) is 2.24. The van der Waals surface area contributed by atoms with Gasteiger partial charge in [0.2, 0.25) is 0 Å². The molecule has 108 valence electrons. The number of nitrogens with two attached hydrogens (primary N) is 1. The highest BCUT2D eigenvalue weighted by molar-refractivity contribution is 5.68. The Kier molecular flexibility index (Phi) is 3.19. The Hall–Kier alpha value is -1.80. The minimum absolute atomic E-state index is 0.538. The van der Waals surface area contributed by atoms with E-state index in [0.717, 1.165) is 30.3 Å². The van der Waals surface area contributed by atoms with Crippen LogP contribution in [-0.4, -0.2) is 6.61 Å². The second kappa shape index (κ2) is 5.19. The van der Waals surface area contributed by atoms with Crippen molar-refractivity contribution in [1.29, 1.82) is 0 Å². The van der Waals surface area contributed by atoms with E-state index in [1.807, 2.05) is 0 Å². The molecule has 0 atom stereocenters. The van der Waals surface area contributed by atoms with Gasteiger partial charge in [0.25, 0.3) is 0 Å². The van der Waals surface area contributed by atoms with Crippen LogP contribution in [0.25, 0.3) is 11.1 Å². The molecule has 0 unspecified atom stereocenters. The third-order valence-electron chi connectivity index (χ3n) is 4.90. The smallest absolute Gasteiger partial charge is 0.127 e. The molecule has 0 bridgehead atoms. The fraction of sp³-hybridized carbons (Fsp3) is 0.368. The van der Waals surface area contributed by atoms with Crippen molar-refractivity contribution in [2.24, 2.45) is 5.73 Å². The highest BCUT2D eigenvalue weighted by Gasteiger charge is 2.20. The maximum absolute atomic E-state index is 5.88. The number of rotatable bonds is 3. The van der Waals surface area contributed by atoms with Gasteiger partial charge in [0.15, 0.2) is 0 Å². The number of ether oxygens (including phenoxy) is 1. The lowest BCUT2D eigenvalue weighted by molar-refractivity contribution is 0.353. The largest absolute Gasteiger partial charge is 0.493 e. The molecule has 0 radical (unpaired) electrons. The van der Waals surface area contributed by atoms with Gasteiger partial charge in [0.05, 0.1) is 6.61 Å². The van der Waals surface area contributed by atoms with E-state index in [4.69, 9.17) is 10.5 Å². The van der Waals surface area contributed by atoms with Crippen molar-refractivity contribution < 1.29 is 4.74 Å². The van der Waals surface area contributed by atoms with E-state index in [9.17, 15) is 0 Å². The van der Waals surface area contributed by atoms with Gasteiger partial charge in [0.1, 0.15) is 5.75 Å². The molecule has 1 fully saturated rings. The number of fused-ring (bicyclic) bond motifs is 1. The number of hydrogen-bond acceptors (Lipinski definition) is 2. The fourth-order valence-corrected chi connectivity index (χ4v) is 3.40. The molecule has 2 N–H and O–H groups in total. The van der Waals surface area contributed by atoms with Crippen molar-refractivity contribution in [2.75, 3.05) is 6.61 Å². The van der Waals surface area contributed by atoms with Gasteiger partial charge in [0, 0.05) is 18.5 Å². The predicted molar refractivity (Wildman–Crippen MR) is 85.6 cm³/mol. The maximum Gasteiger partial charge on any atom is 0.127 e. The van der Waals surface area contributed by atoms with Crippen LogP contribution in [0.5, 0.6) is 5.75 Å². The van der Waals surface area contributed by atoms with Crippen LogP contribution in [0, 0.1) is 0 Å². The molecule has 1 aliphatic carbocycles. The van der Waals surface area contributed by atoms with E-state index in [1.54, 1.807) is 0 Å². The molecule has 0 aromatic heterocycles. The monoisotopic (exact) mass is 279 g/mol. The summed E-state index contributed by atoms with van der Waals surface area (Å²) in [7, 11) is 0. The fourth-order valence-electron chi connectivity index (χ4n) is 3.40. The summed E-state index contributed by atoms with van der Waals surface area (Å²) in [6.45, 7) is 1.32. The average molecular weight is 279 g/mol. The summed E-state index contributed by atoms with van der Waals surface area (Å²) < 4.78 is 5.70. The molecule has 0 saturated heterocycles. The summed E-state index contributed by atoms with van der Waals surface area (Å²) in [5.74, 6) is 1.82. The van der Waals surface area contributed by atoms with Gasteiger partial charge >= 0.3 is 0 Å². The van der Waals surface area contributed by atoms with Crippen LogP contribution in [0.4, 0.5) is 0 Å². The second-order valence-corrected chi connectivity index (χ2v) is 6.18. The molecule has 0 amide bonds. The average Bonchev–Trinajstić information content (AvgIpc) is 2.93. The van der Waals surface area contributed by atoms with E-state index in [1.165, 1.54) is 41.5 Å². The van der Waals surface area contributed by atoms with Crippen LogP contribution >= 0.6 is 0 Å². The SMILES string of the molecule is NCc1cc(-c2ccc(C3CCC3)cc2)cc2c1OCC2. The summed E-state index contributed by atoms with van der Waals surface area (Å²) in [5.41, 5.74) is 12.3. The molecule has 2 nitrogen and oxygen atoms in total. The Morgan fingerprint density at radius 3 is 2.52 bits per heavy atom. The van der Waals surface area contributed by atoms with Crippen molar-refractivity contribution in [3.8, 4) is 16.9 Å². The summed E-state index contributed by atoms with van der Waals surface area (Å²) in [5, 5.41) is 0. The normalized spacial score (nSPS) is 17.2. The highest BCUT2D eigenvalue weighted by Crippen LogP contribution is 2.38. The molecule has 2 heteroatoms. The molecule has 1 heterocycles. The summed E-state index contributed by atoms with van der Waals surface area (Å²) in [6.07, 6.45) is 5.09. The zero-order chi connectivity index (χ0) is 14.2. The van der Waals surface area contributed by atoms with Crippen LogP contribution in [0.3, 0.4) is 0 Å². The topological polar surface area (TPSA) is 35.2 Å². The van der Waals surface area contributed by atoms with Crippen molar-refractivity contribution in [2.45, 2.75) is 38.1 Å². The van der Waals surface area contributed by atoms with Crippen LogP contribution in [0.1, 0.15) is 41.9 Å². The molecule has 2 aromatic rings. The summed E-state index contributed by atoms with van der Waals surface area (Å²) in [6, 6.07) is 13.6. The number of hydrogen-bond donors (Lipinski definition) is 1. The first kappa shape index (κ1) is 12.9. The lowest BCUT2D eigenvalue weighted by Crippen LogP contribution is -2.08. The minimum atomic E-state index is 0.538.